The minimum Gasteiger partial charge on any atom is -0.394 e. The summed E-state index contributed by atoms with van der Waals surface area (Å²) < 4.78 is 0. The van der Waals surface area contributed by atoms with Gasteiger partial charge in [0.05, 0.1) is 24.9 Å². The highest BCUT2D eigenvalue weighted by Crippen LogP contribution is 2.42. The van der Waals surface area contributed by atoms with Crippen LogP contribution >= 0.6 is 11.8 Å². The number of nitrogens with zero attached hydrogens (tertiary/aromatic N) is 2. The van der Waals surface area contributed by atoms with Gasteiger partial charge < -0.3 is 5.11 Å². The Balaban J connectivity index is 1.75. The molecule has 0 saturated heterocycles. The highest BCUT2D eigenvalue weighted by Gasteiger charge is 2.39. The molecule has 0 saturated carbocycles. The summed E-state index contributed by atoms with van der Waals surface area (Å²) in [5, 5.41) is 16.6. The molecule has 25 heavy (non-hydrogen) atoms. The third kappa shape index (κ3) is 3.09. The molecular formula is C21H24N2OS. The monoisotopic (exact) mass is 352 g/mol. The van der Waals surface area contributed by atoms with Crippen molar-refractivity contribution in [3.63, 3.8) is 0 Å². The van der Waals surface area contributed by atoms with Gasteiger partial charge in [-0.05, 0) is 48.8 Å². The zero-order valence-electron chi connectivity index (χ0n) is 14.6. The van der Waals surface area contributed by atoms with Crippen molar-refractivity contribution in [3.05, 3.63) is 65.2 Å². The van der Waals surface area contributed by atoms with Gasteiger partial charge in [0.2, 0.25) is 0 Å². The van der Waals surface area contributed by atoms with Crippen LogP contribution in [0.1, 0.15) is 35.6 Å². The highest BCUT2D eigenvalue weighted by atomic mass is 32.2. The summed E-state index contributed by atoms with van der Waals surface area (Å²) >= 11 is 1.77. The van der Waals surface area contributed by atoms with Gasteiger partial charge in [-0.15, -0.1) is 11.8 Å². The van der Waals surface area contributed by atoms with E-state index in [9.17, 15) is 5.11 Å². The smallest absolute Gasteiger partial charge is 0.0805 e. The van der Waals surface area contributed by atoms with Gasteiger partial charge in [-0.25, -0.2) is 0 Å². The van der Waals surface area contributed by atoms with Gasteiger partial charge in [-0.1, -0.05) is 36.4 Å². The Morgan fingerprint density at radius 2 is 1.96 bits per heavy atom. The van der Waals surface area contributed by atoms with Crippen LogP contribution < -0.4 is 0 Å². The molecule has 4 rings (SSSR count). The first-order chi connectivity index (χ1) is 12.3. The maximum absolute atomic E-state index is 9.54. The van der Waals surface area contributed by atoms with E-state index in [4.69, 9.17) is 5.10 Å². The molecule has 0 fully saturated rings. The van der Waals surface area contributed by atoms with E-state index >= 15 is 0 Å². The van der Waals surface area contributed by atoms with E-state index in [2.05, 4.69) is 59.8 Å². The molecule has 3 nitrogen and oxygen atoms in total. The molecule has 130 valence electrons. The van der Waals surface area contributed by atoms with Crippen molar-refractivity contribution in [1.29, 1.82) is 0 Å². The number of benzene rings is 2. The molecule has 2 aromatic rings. The van der Waals surface area contributed by atoms with Crippen molar-refractivity contribution in [3.8, 4) is 0 Å². The number of β-amino-alcohol motifs (C(OH)–C–C–N with tert-alkyl or cyclic N) is 1. The molecule has 1 heterocycles. The summed E-state index contributed by atoms with van der Waals surface area (Å²) in [6.07, 6.45) is 5.56. The number of hydrazone groups is 1. The van der Waals surface area contributed by atoms with Gasteiger partial charge in [-0.2, -0.15) is 5.10 Å². The number of aliphatic hydroxyl groups excluding tert-OH is 1. The Hall–Kier alpha value is -1.78. The molecule has 1 N–H and O–H groups in total. The normalized spacial score (nSPS) is 22.2. The molecule has 0 amide bonds. The van der Waals surface area contributed by atoms with Crippen LogP contribution in [0.5, 0.6) is 0 Å². The Bertz CT molecular complexity index is 772. The SMILES string of the molecule is CSc1ccc([C@H]2[C@H]3CCCc4ccccc4C3=NN2CCO)cc1. The molecule has 2 aromatic carbocycles. The van der Waals surface area contributed by atoms with Crippen LogP contribution in [-0.2, 0) is 6.42 Å². The average molecular weight is 353 g/mol. The fraction of sp³-hybridized carbons (Fsp3) is 0.381. The van der Waals surface area contributed by atoms with Crippen LogP contribution in [0.3, 0.4) is 0 Å². The Labute approximate surface area is 153 Å². The molecular weight excluding hydrogens is 328 g/mol. The third-order valence-electron chi connectivity index (χ3n) is 5.33. The lowest BCUT2D eigenvalue weighted by Crippen LogP contribution is -2.27. The first-order valence-corrected chi connectivity index (χ1v) is 10.2. The number of thioether (sulfide) groups is 1. The van der Waals surface area contributed by atoms with Gasteiger partial charge in [0.1, 0.15) is 0 Å². The summed E-state index contributed by atoms with van der Waals surface area (Å²) in [5.74, 6) is 0.398. The van der Waals surface area contributed by atoms with E-state index in [1.807, 2.05) is 0 Å². The van der Waals surface area contributed by atoms with Crippen LogP contribution in [0.4, 0.5) is 0 Å². The summed E-state index contributed by atoms with van der Waals surface area (Å²) in [6, 6.07) is 17.8. The molecule has 1 aliphatic carbocycles. The molecule has 0 radical (unpaired) electrons. The van der Waals surface area contributed by atoms with Crippen LogP contribution in [0.2, 0.25) is 0 Å². The minimum atomic E-state index is 0.130. The quantitative estimate of drug-likeness (QED) is 0.841. The number of aliphatic hydroxyl groups is 1. The van der Waals surface area contributed by atoms with Crippen molar-refractivity contribution in [1.82, 2.24) is 5.01 Å². The number of aryl methyl sites for hydroxylation is 1. The van der Waals surface area contributed by atoms with Crippen molar-refractivity contribution in [2.45, 2.75) is 30.2 Å². The van der Waals surface area contributed by atoms with Crippen molar-refractivity contribution < 1.29 is 5.11 Å². The molecule has 0 aromatic heterocycles. The van der Waals surface area contributed by atoms with Crippen LogP contribution in [0, 0.1) is 5.92 Å². The Morgan fingerprint density at radius 3 is 2.72 bits per heavy atom. The lowest BCUT2D eigenvalue weighted by atomic mass is 9.85. The van der Waals surface area contributed by atoms with Crippen LogP contribution in [0.15, 0.2) is 58.5 Å². The average Bonchev–Trinajstić information content (AvgIpc) is 2.90. The largest absolute Gasteiger partial charge is 0.394 e. The standard InChI is InChI=1S/C21H24N2OS/c1-25-17-11-9-16(10-12-17)21-19-8-4-6-15-5-2-3-7-18(15)20(19)22-23(21)13-14-24/h2-3,5,7,9-12,19,21,24H,4,6,8,13-14H2,1H3/t19-,21-/m0/s1. The Morgan fingerprint density at radius 1 is 1.16 bits per heavy atom. The predicted octanol–water partition coefficient (Wildman–Crippen LogP) is 4.11. The number of hydrogen-bond acceptors (Lipinski definition) is 4. The second kappa shape index (κ2) is 7.22. The predicted molar refractivity (Wildman–Crippen MR) is 104 cm³/mol. The fourth-order valence-electron chi connectivity index (χ4n) is 4.18. The van der Waals surface area contributed by atoms with Crippen LogP contribution in [0.25, 0.3) is 0 Å². The molecule has 2 aliphatic rings. The van der Waals surface area contributed by atoms with E-state index in [0.717, 1.165) is 12.8 Å². The maximum Gasteiger partial charge on any atom is 0.0805 e. The first-order valence-electron chi connectivity index (χ1n) is 9.00. The van der Waals surface area contributed by atoms with Gasteiger partial charge in [0, 0.05) is 16.4 Å². The van der Waals surface area contributed by atoms with Gasteiger partial charge in [-0.3, -0.25) is 5.01 Å². The second-order valence-electron chi connectivity index (χ2n) is 6.75. The molecule has 4 heteroatoms. The minimum absolute atomic E-state index is 0.130. The van der Waals surface area contributed by atoms with Crippen molar-refractivity contribution >= 4 is 17.5 Å². The van der Waals surface area contributed by atoms with E-state index in [-0.39, 0.29) is 12.6 Å². The van der Waals surface area contributed by atoms with Gasteiger partial charge in [0.25, 0.3) is 0 Å². The highest BCUT2D eigenvalue weighted by molar-refractivity contribution is 7.98. The topological polar surface area (TPSA) is 35.8 Å². The maximum atomic E-state index is 9.54. The number of hydrogen-bond donors (Lipinski definition) is 1. The molecule has 2 atom stereocenters. The lowest BCUT2D eigenvalue weighted by Gasteiger charge is -2.28. The molecule has 0 unspecified atom stereocenters. The lowest BCUT2D eigenvalue weighted by molar-refractivity contribution is 0.152. The molecule has 0 bridgehead atoms. The van der Waals surface area contributed by atoms with E-state index in [1.54, 1.807) is 11.8 Å². The van der Waals surface area contributed by atoms with E-state index in [0.29, 0.717) is 12.5 Å². The van der Waals surface area contributed by atoms with Gasteiger partial charge in [0.15, 0.2) is 0 Å². The summed E-state index contributed by atoms with van der Waals surface area (Å²) in [4.78, 5) is 1.28. The van der Waals surface area contributed by atoms with Gasteiger partial charge >= 0.3 is 0 Å². The molecule has 1 aliphatic heterocycles. The van der Waals surface area contributed by atoms with Crippen LogP contribution in [-0.4, -0.2) is 35.2 Å². The van der Waals surface area contributed by atoms with E-state index < -0.39 is 0 Å². The number of fused-ring (bicyclic) bond motifs is 3. The fourth-order valence-corrected chi connectivity index (χ4v) is 4.59. The van der Waals surface area contributed by atoms with E-state index in [1.165, 1.54) is 33.7 Å². The second-order valence-corrected chi connectivity index (χ2v) is 7.63. The summed E-state index contributed by atoms with van der Waals surface area (Å²) in [5.41, 5.74) is 5.22. The van der Waals surface area contributed by atoms with Crippen molar-refractivity contribution in [2.75, 3.05) is 19.4 Å². The molecule has 0 spiro atoms. The van der Waals surface area contributed by atoms with Crippen molar-refractivity contribution in [2.24, 2.45) is 11.0 Å². The first kappa shape index (κ1) is 16.7. The zero-order valence-corrected chi connectivity index (χ0v) is 15.4. The number of rotatable bonds is 4. The zero-order chi connectivity index (χ0) is 17.2. The summed E-state index contributed by atoms with van der Waals surface area (Å²) in [7, 11) is 0. The third-order valence-corrected chi connectivity index (χ3v) is 6.07. The summed E-state index contributed by atoms with van der Waals surface area (Å²) in [6.45, 7) is 0.710. The Kier molecular flexibility index (Phi) is 4.82.